The molecule has 2 aromatic carbocycles. The van der Waals surface area contributed by atoms with Crippen molar-refractivity contribution in [2.75, 3.05) is 0 Å². The van der Waals surface area contributed by atoms with Gasteiger partial charge >= 0.3 is 0 Å². The molecule has 8 rings (SSSR count). The first-order valence-corrected chi connectivity index (χ1v) is 14.0. The van der Waals surface area contributed by atoms with Crippen LogP contribution in [0.15, 0.2) is 85.5 Å². The molecule has 0 amide bonds. The van der Waals surface area contributed by atoms with Gasteiger partial charge in [0.25, 0.3) is 0 Å². The molecular weight excluding hydrogens is 464 g/mol. The Morgan fingerprint density at radius 1 is 0.500 bits per heavy atom. The molecule has 186 valence electrons. The van der Waals surface area contributed by atoms with Crippen LogP contribution in [0, 0.1) is 0 Å². The maximum atomic E-state index is 4.65. The summed E-state index contributed by atoms with van der Waals surface area (Å²) in [5.41, 5.74) is 13.2. The number of aryl methyl sites for hydroxylation is 2. The molecule has 2 aliphatic rings. The zero-order chi connectivity index (χ0) is 25.1. The lowest BCUT2D eigenvalue weighted by Gasteiger charge is -2.21. The fraction of sp³-hybridized carbons (Fsp3) is 0.235. The average molecular weight is 495 g/mol. The van der Waals surface area contributed by atoms with Crippen LogP contribution >= 0.6 is 0 Å². The lowest BCUT2D eigenvalue weighted by Crippen LogP contribution is -2.10. The minimum Gasteiger partial charge on any atom is -0.313 e. The molecule has 0 aliphatic heterocycles. The number of hydrogen-bond acceptors (Lipinski definition) is 2. The van der Waals surface area contributed by atoms with E-state index in [-0.39, 0.29) is 0 Å². The summed E-state index contributed by atoms with van der Waals surface area (Å²) >= 11 is 0. The minimum absolute atomic E-state index is 1.11. The summed E-state index contributed by atoms with van der Waals surface area (Å²) in [6.45, 7) is 0. The monoisotopic (exact) mass is 494 g/mol. The predicted molar refractivity (Wildman–Crippen MR) is 154 cm³/mol. The van der Waals surface area contributed by atoms with E-state index in [9.17, 15) is 0 Å². The van der Waals surface area contributed by atoms with Crippen molar-refractivity contribution in [2.45, 2.75) is 51.4 Å². The molecule has 0 bridgehead atoms. The summed E-state index contributed by atoms with van der Waals surface area (Å²) < 4.78 is 5.03. The maximum absolute atomic E-state index is 4.65. The molecule has 4 heterocycles. The molecule has 4 heteroatoms. The minimum atomic E-state index is 1.11. The highest BCUT2D eigenvalue weighted by Gasteiger charge is 2.25. The van der Waals surface area contributed by atoms with Crippen molar-refractivity contribution in [1.82, 2.24) is 19.1 Å². The van der Waals surface area contributed by atoms with Gasteiger partial charge in [0, 0.05) is 58.1 Å². The molecule has 0 atom stereocenters. The van der Waals surface area contributed by atoms with Crippen molar-refractivity contribution < 1.29 is 0 Å². The first-order valence-electron chi connectivity index (χ1n) is 14.0. The molecule has 4 nitrogen and oxygen atoms in total. The number of para-hydroxylation sites is 2. The molecule has 0 N–H and O–H groups in total. The second-order valence-electron chi connectivity index (χ2n) is 10.8. The summed E-state index contributed by atoms with van der Waals surface area (Å²) in [7, 11) is 0. The van der Waals surface area contributed by atoms with Crippen molar-refractivity contribution in [3.05, 3.63) is 108 Å². The van der Waals surface area contributed by atoms with Crippen LogP contribution in [0.5, 0.6) is 0 Å². The van der Waals surface area contributed by atoms with Gasteiger partial charge in [-0.15, -0.1) is 0 Å². The molecule has 0 radical (unpaired) electrons. The van der Waals surface area contributed by atoms with Gasteiger partial charge in [-0.1, -0.05) is 36.4 Å². The fourth-order valence-electron chi connectivity index (χ4n) is 7.12. The predicted octanol–water partition coefficient (Wildman–Crippen LogP) is 7.79. The van der Waals surface area contributed by atoms with E-state index in [0.29, 0.717) is 0 Å². The first kappa shape index (κ1) is 21.9. The second kappa shape index (κ2) is 8.70. The van der Waals surface area contributed by atoms with Crippen molar-refractivity contribution >= 4 is 21.8 Å². The molecule has 6 aromatic rings. The Hall–Kier alpha value is -4.18. The molecular formula is C34H30N4. The molecule has 0 fully saturated rings. The molecule has 38 heavy (non-hydrogen) atoms. The van der Waals surface area contributed by atoms with Crippen LogP contribution in [0.25, 0.3) is 44.3 Å². The van der Waals surface area contributed by atoms with Crippen LogP contribution in [0.4, 0.5) is 0 Å². The number of hydrogen-bond donors (Lipinski definition) is 0. The molecule has 4 aromatic heterocycles. The van der Waals surface area contributed by atoms with Gasteiger partial charge in [-0.3, -0.25) is 9.97 Å². The van der Waals surface area contributed by atoms with E-state index in [1.165, 1.54) is 81.4 Å². The van der Waals surface area contributed by atoms with Crippen LogP contribution in [0.1, 0.15) is 48.2 Å². The first-order chi connectivity index (χ1) is 18.9. The van der Waals surface area contributed by atoms with Crippen molar-refractivity contribution in [1.29, 1.82) is 0 Å². The van der Waals surface area contributed by atoms with Gasteiger partial charge < -0.3 is 9.13 Å². The summed E-state index contributed by atoms with van der Waals surface area (Å²) in [5.74, 6) is 0. The zero-order valence-electron chi connectivity index (χ0n) is 21.5. The van der Waals surface area contributed by atoms with E-state index in [0.717, 1.165) is 36.8 Å². The Morgan fingerprint density at radius 3 is 1.45 bits per heavy atom. The topological polar surface area (TPSA) is 35.6 Å². The van der Waals surface area contributed by atoms with E-state index >= 15 is 0 Å². The normalized spacial score (nSPS) is 15.1. The van der Waals surface area contributed by atoms with E-state index in [4.69, 9.17) is 0 Å². The van der Waals surface area contributed by atoms with E-state index in [2.05, 4.69) is 79.8 Å². The lowest BCUT2D eigenvalue weighted by molar-refractivity contribution is 0.666. The third-order valence-corrected chi connectivity index (χ3v) is 8.73. The largest absolute Gasteiger partial charge is 0.313 e. The van der Waals surface area contributed by atoms with Crippen LogP contribution in [0.2, 0.25) is 0 Å². The highest BCUT2D eigenvalue weighted by atomic mass is 15.0. The van der Waals surface area contributed by atoms with Crippen LogP contribution in [0.3, 0.4) is 0 Å². The summed E-state index contributed by atoms with van der Waals surface area (Å²) in [6, 6.07) is 22.2. The third-order valence-electron chi connectivity index (χ3n) is 8.73. The molecule has 0 spiro atoms. The smallest absolute Gasteiger partial charge is 0.0569 e. The van der Waals surface area contributed by atoms with Crippen LogP contribution in [-0.4, -0.2) is 19.1 Å². The molecule has 0 saturated heterocycles. The number of pyridine rings is 2. The Labute approximate surface area is 222 Å². The van der Waals surface area contributed by atoms with Gasteiger partial charge in [-0.2, -0.15) is 0 Å². The van der Waals surface area contributed by atoms with Crippen molar-refractivity contribution in [2.24, 2.45) is 0 Å². The second-order valence-corrected chi connectivity index (χ2v) is 10.8. The van der Waals surface area contributed by atoms with Gasteiger partial charge in [0.05, 0.1) is 22.4 Å². The number of aromatic nitrogens is 4. The number of benzene rings is 2. The van der Waals surface area contributed by atoms with Crippen molar-refractivity contribution in [3.8, 4) is 22.5 Å². The lowest BCUT2D eigenvalue weighted by atomic mass is 9.95. The summed E-state index contributed by atoms with van der Waals surface area (Å²) in [4.78, 5) is 9.29. The third kappa shape index (κ3) is 3.16. The Kier molecular flexibility index (Phi) is 5.00. The van der Waals surface area contributed by atoms with Crippen molar-refractivity contribution in [3.63, 3.8) is 0 Å². The van der Waals surface area contributed by atoms with Gasteiger partial charge in [0.1, 0.15) is 0 Å². The average Bonchev–Trinajstić information content (AvgIpc) is 3.50. The number of rotatable bonds is 3. The molecule has 0 saturated carbocycles. The Balaban J connectivity index is 1.41. The maximum Gasteiger partial charge on any atom is 0.0569 e. The fourth-order valence-corrected chi connectivity index (χ4v) is 7.12. The van der Waals surface area contributed by atoms with Gasteiger partial charge in [0.2, 0.25) is 0 Å². The van der Waals surface area contributed by atoms with Gasteiger partial charge in [-0.25, -0.2) is 0 Å². The van der Waals surface area contributed by atoms with Crippen LogP contribution < -0.4 is 0 Å². The molecule has 0 unspecified atom stereocenters. The Bertz CT molecular complexity index is 1700. The zero-order valence-corrected chi connectivity index (χ0v) is 21.5. The SMILES string of the molecule is c1ccc2c(c1)c1c(n2-c2ccncc2-c2cnccc2-n2c3c(c4ccccc42)CCCC3)CCCC1. The quantitative estimate of drug-likeness (QED) is 0.252. The van der Waals surface area contributed by atoms with E-state index in [1.54, 1.807) is 0 Å². The van der Waals surface area contributed by atoms with Gasteiger partial charge in [0.15, 0.2) is 0 Å². The number of fused-ring (bicyclic) bond motifs is 6. The highest BCUT2D eigenvalue weighted by Crippen LogP contribution is 2.41. The standard InChI is InChI=1S/C34H30N4/c1-5-13-29-23(9-1)24-10-2-6-14-30(24)37(29)33-17-19-35-21-27(33)28-22-36-20-18-34(28)38-31-15-7-3-11-25(31)26-12-4-8-16-32(26)38/h1,3,5,7,9,11,13,15,17-22H,2,4,6,8,10,12,14,16H2. The highest BCUT2D eigenvalue weighted by molar-refractivity contribution is 5.92. The summed E-state index contributed by atoms with van der Waals surface area (Å²) in [6.07, 6.45) is 17.5. The number of nitrogens with zero attached hydrogens (tertiary/aromatic N) is 4. The van der Waals surface area contributed by atoms with E-state index < -0.39 is 0 Å². The Morgan fingerprint density at radius 2 is 0.947 bits per heavy atom. The van der Waals surface area contributed by atoms with E-state index in [1.807, 2.05) is 24.8 Å². The molecule has 2 aliphatic carbocycles. The van der Waals surface area contributed by atoms with Gasteiger partial charge in [-0.05, 0) is 86.8 Å². The summed E-state index contributed by atoms with van der Waals surface area (Å²) in [5, 5.41) is 2.78. The van der Waals surface area contributed by atoms with Crippen LogP contribution in [-0.2, 0) is 25.7 Å².